The van der Waals surface area contributed by atoms with Crippen LogP contribution in [0.25, 0.3) is 0 Å². The molecule has 0 fully saturated rings. The summed E-state index contributed by atoms with van der Waals surface area (Å²) in [5.74, 6) is 0.314. The highest BCUT2D eigenvalue weighted by Crippen LogP contribution is 2.34. The molecule has 1 N–H and O–H groups in total. The van der Waals surface area contributed by atoms with Gasteiger partial charge in [-0.25, -0.2) is 0 Å². The van der Waals surface area contributed by atoms with E-state index in [4.69, 9.17) is 16.3 Å². The summed E-state index contributed by atoms with van der Waals surface area (Å²) in [5.41, 5.74) is 1.83. The summed E-state index contributed by atoms with van der Waals surface area (Å²) in [5, 5.41) is 3.38. The van der Waals surface area contributed by atoms with Crippen LogP contribution in [0, 0.1) is 0 Å². The second-order valence-electron chi connectivity index (χ2n) is 5.16. The number of halogens is 1. The number of carbonyl (C=O) groups is 2. The van der Waals surface area contributed by atoms with Crippen molar-refractivity contribution in [3.05, 3.63) is 53.1 Å². The summed E-state index contributed by atoms with van der Waals surface area (Å²) in [6.07, 6.45) is 0. The first-order chi connectivity index (χ1) is 11.0. The lowest BCUT2D eigenvalue weighted by molar-refractivity contribution is -0.116. The lowest BCUT2D eigenvalue weighted by Gasteiger charge is -2.29. The Bertz CT molecular complexity index is 759. The molecule has 2 aromatic carbocycles. The highest BCUT2D eigenvalue weighted by atomic mass is 35.5. The van der Waals surface area contributed by atoms with Gasteiger partial charge in [0.2, 0.25) is 5.91 Å². The number of benzene rings is 2. The van der Waals surface area contributed by atoms with E-state index in [0.29, 0.717) is 40.9 Å². The van der Waals surface area contributed by atoms with Crippen LogP contribution in [0.1, 0.15) is 17.3 Å². The summed E-state index contributed by atoms with van der Waals surface area (Å²) in [4.78, 5) is 25.5. The third kappa shape index (κ3) is 3.29. The number of hydrogen-bond acceptors (Lipinski definition) is 3. The van der Waals surface area contributed by atoms with E-state index in [-0.39, 0.29) is 11.8 Å². The quantitative estimate of drug-likeness (QED) is 0.918. The largest absolute Gasteiger partial charge is 0.489 e. The van der Waals surface area contributed by atoms with Crippen LogP contribution in [0.2, 0.25) is 5.02 Å². The number of carbonyl (C=O) groups excluding carboxylic acids is 2. The van der Waals surface area contributed by atoms with Gasteiger partial charge in [-0.1, -0.05) is 11.6 Å². The molecule has 6 heteroatoms. The minimum Gasteiger partial charge on any atom is -0.489 e. The Morgan fingerprint density at radius 2 is 1.91 bits per heavy atom. The molecule has 5 nitrogen and oxygen atoms in total. The molecule has 0 atom stereocenters. The maximum atomic E-state index is 12.2. The minimum absolute atomic E-state index is 0.0347. The highest BCUT2D eigenvalue weighted by Gasteiger charge is 2.21. The number of hydrogen-bond donors (Lipinski definition) is 1. The monoisotopic (exact) mass is 330 g/mol. The van der Waals surface area contributed by atoms with Crippen LogP contribution in [0.3, 0.4) is 0 Å². The van der Waals surface area contributed by atoms with Crippen LogP contribution in [-0.2, 0) is 4.79 Å². The van der Waals surface area contributed by atoms with Gasteiger partial charge in [-0.15, -0.1) is 0 Å². The lowest BCUT2D eigenvalue weighted by atomic mass is 10.2. The van der Waals surface area contributed by atoms with Crippen LogP contribution in [0.15, 0.2) is 42.5 Å². The maximum Gasteiger partial charge on any atom is 0.255 e. The molecular formula is C17H15ClN2O3. The van der Waals surface area contributed by atoms with Gasteiger partial charge >= 0.3 is 0 Å². The van der Waals surface area contributed by atoms with Gasteiger partial charge in [0.25, 0.3) is 5.91 Å². The molecule has 0 aliphatic carbocycles. The predicted octanol–water partition coefficient (Wildman–Crippen LogP) is 3.34. The molecule has 0 unspecified atom stereocenters. The third-order valence-electron chi connectivity index (χ3n) is 3.57. The third-order valence-corrected chi connectivity index (χ3v) is 3.82. The first kappa shape index (κ1) is 15.4. The van der Waals surface area contributed by atoms with E-state index in [9.17, 15) is 9.59 Å². The Kier molecular flexibility index (Phi) is 4.21. The van der Waals surface area contributed by atoms with E-state index in [0.717, 1.165) is 0 Å². The van der Waals surface area contributed by atoms with Gasteiger partial charge in [-0.2, -0.15) is 0 Å². The number of nitrogens with one attached hydrogen (secondary N) is 1. The highest BCUT2D eigenvalue weighted by molar-refractivity contribution is 6.30. The molecule has 1 aliphatic heterocycles. The topological polar surface area (TPSA) is 58.6 Å². The Labute approximate surface area is 138 Å². The standard InChI is InChI=1S/C17H15ClN2O3/c1-11(21)20-8-9-23-16-10-14(6-7-15(16)20)19-17(22)12-2-4-13(18)5-3-12/h2-7,10H,8-9H2,1H3,(H,19,22). The lowest BCUT2D eigenvalue weighted by Crippen LogP contribution is -2.36. The van der Waals surface area contributed by atoms with E-state index < -0.39 is 0 Å². The van der Waals surface area contributed by atoms with Crippen LogP contribution in [-0.4, -0.2) is 25.0 Å². The average molecular weight is 331 g/mol. The van der Waals surface area contributed by atoms with Crippen molar-refractivity contribution < 1.29 is 14.3 Å². The van der Waals surface area contributed by atoms with Gasteiger partial charge in [0, 0.05) is 29.3 Å². The smallest absolute Gasteiger partial charge is 0.255 e. The number of fused-ring (bicyclic) bond motifs is 1. The van der Waals surface area contributed by atoms with Crippen molar-refractivity contribution in [3.63, 3.8) is 0 Å². The fraction of sp³-hybridized carbons (Fsp3) is 0.176. The van der Waals surface area contributed by atoms with Crippen molar-refractivity contribution in [2.45, 2.75) is 6.92 Å². The molecule has 0 spiro atoms. The summed E-state index contributed by atoms with van der Waals surface area (Å²) in [6, 6.07) is 11.9. The number of amides is 2. The van der Waals surface area contributed by atoms with Crippen molar-refractivity contribution >= 4 is 34.8 Å². The fourth-order valence-electron chi connectivity index (χ4n) is 2.43. The first-order valence-corrected chi connectivity index (χ1v) is 7.54. The Morgan fingerprint density at radius 3 is 2.61 bits per heavy atom. The number of anilines is 2. The second-order valence-corrected chi connectivity index (χ2v) is 5.60. The van der Waals surface area contributed by atoms with E-state index in [1.165, 1.54) is 6.92 Å². The van der Waals surface area contributed by atoms with Crippen LogP contribution in [0.5, 0.6) is 5.75 Å². The van der Waals surface area contributed by atoms with Crippen LogP contribution in [0.4, 0.5) is 11.4 Å². The molecule has 0 radical (unpaired) electrons. The molecule has 3 rings (SSSR count). The average Bonchev–Trinajstić information content (AvgIpc) is 2.54. The van der Waals surface area contributed by atoms with Crippen molar-refractivity contribution in [3.8, 4) is 5.75 Å². The molecule has 2 aromatic rings. The van der Waals surface area contributed by atoms with Crippen LogP contribution < -0.4 is 15.0 Å². The number of ether oxygens (including phenoxy) is 1. The molecule has 118 valence electrons. The van der Waals surface area contributed by atoms with Gasteiger partial charge in [0.05, 0.1) is 12.2 Å². The fourth-order valence-corrected chi connectivity index (χ4v) is 2.56. The van der Waals surface area contributed by atoms with E-state index >= 15 is 0 Å². The molecule has 0 saturated carbocycles. The van der Waals surface area contributed by atoms with Crippen molar-refractivity contribution in [2.75, 3.05) is 23.4 Å². The zero-order valence-electron chi connectivity index (χ0n) is 12.5. The molecule has 0 aromatic heterocycles. The molecule has 1 heterocycles. The normalized spacial score (nSPS) is 13.0. The molecule has 0 bridgehead atoms. The van der Waals surface area contributed by atoms with Crippen LogP contribution >= 0.6 is 11.6 Å². The van der Waals surface area contributed by atoms with Gasteiger partial charge in [-0.05, 0) is 36.4 Å². The Morgan fingerprint density at radius 1 is 1.17 bits per heavy atom. The van der Waals surface area contributed by atoms with Gasteiger partial charge < -0.3 is 15.0 Å². The zero-order valence-corrected chi connectivity index (χ0v) is 13.3. The molecule has 1 aliphatic rings. The minimum atomic E-state index is -0.235. The van der Waals surface area contributed by atoms with Gasteiger partial charge in [0.15, 0.2) is 0 Å². The first-order valence-electron chi connectivity index (χ1n) is 7.16. The Balaban J connectivity index is 1.81. The molecular weight excluding hydrogens is 316 g/mol. The SMILES string of the molecule is CC(=O)N1CCOc2cc(NC(=O)c3ccc(Cl)cc3)ccc21. The number of nitrogens with zero attached hydrogens (tertiary/aromatic N) is 1. The van der Waals surface area contributed by atoms with E-state index in [1.54, 1.807) is 47.4 Å². The summed E-state index contributed by atoms with van der Waals surface area (Å²) in [6.45, 7) is 2.48. The Hall–Kier alpha value is -2.53. The van der Waals surface area contributed by atoms with E-state index in [1.807, 2.05) is 0 Å². The van der Waals surface area contributed by atoms with Crippen molar-refractivity contribution in [2.24, 2.45) is 0 Å². The summed E-state index contributed by atoms with van der Waals surface area (Å²) in [7, 11) is 0. The molecule has 23 heavy (non-hydrogen) atoms. The number of rotatable bonds is 2. The van der Waals surface area contributed by atoms with Crippen molar-refractivity contribution in [1.82, 2.24) is 0 Å². The van der Waals surface area contributed by atoms with Gasteiger partial charge in [-0.3, -0.25) is 9.59 Å². The molecule has 2 amide bonds. The predicted molar refractivity (Wildman–Crippen MR) is 89.4 cm³/mol. The second kappa shape index (κ2) is 6.30. The van der Waals surface area contributed by atoms with Gasteiger partial charge in [0.1, 0.15) is 12.4 Å². The summed E-state index contributed by atoms with van der Waals surface area (Å²) >= 11 is 5.81. The summed E-state index contributed by atoms with van der Waals surface area (Å²) < 4.78 is 5.58. The molecule has 0 saturated heterocycles. The van der Waals surface area contributed by atoms with E-state index in [2.05, 4.69) is 5.32 Å². The maximum absolute atomic E-state index is 12.2. The zero-order chi connectivity index (χ0) is 16.4. The van der Waals surface area contributed by atoms with Crippen molar-refractivity contribution in [1.29, 1.82) is 0 Å².